The number of carbonyl (C=O) groups excluding carboxylic acids is 1. The number of rotatable bonds is 5. The highest BCUT2D eigenvalue weighted by Gasteiger charge is 2.24. The minimum Gasteiger partial charge on any atom is -0.491 e. The molecule has 0 unspecified atom stereocenters. The fourth-order valence-electron chi connectivity index (χ4n) is 1.22. The van der Waals surface area contributed by atoms with Gasteiger partial charge in [-0.25, -0.2) is 13.6 Å². The van der Waals surface area contributed by atoms with Crippen molar-refractivity contribution in [3.8, 4) is 5.75 Å². The first kappa shape index (κ1) is 14.1. The molecular formula is C12H11F3O3. The zero-order valence-corrected chi connectivity index (χ0v) is 9.63. The summed E-state index contributed by atoms with van der Waals surface area (Å²) in [5.41, 5.74) is -0.713. The van der Waals surface area contributed by atoms with Gasteiger partial charge >= 0.3 is 5.97 Å². The van der Waals surface area contributed by atoms with Crippen LogP contribution in [0.2, 0.25) is 0 Å². The molecule has 0 aliphatic carbocycles. The van der Waals surface area contributed by atoms with Crippen molar-refractivity contribution in [2.24, 2.45) is 0 Å². The molecule has 1 rings (SSSR count). The first-order valence-electron chi connectivity index (χ1n) is 5.02. The maximum absolute atomic E-state index is 13.6. The maximum Gasteiger partial charge on any atom is 0.341 e. The minimum atomic E-state index is -1.49. The Kier molecular flexibility index (Phi) is 4.76. The predicted molar refractivity (Wildman–Crippen MR) is 58.0 cm³/mol. The third-order valence-electron chi connectivity index (χ3n) is 2.10. The molecule has 1 aromatic rings. The summed E-state index contributed by atoms with van der Waals surface area (Å²) >= 11 is 0. The van der Waals surface area contributed by atoms with Gasteiger partial charge in [-0.2, -0.15) is 4.39 Å². The normalized spacial score (nSPS) is 10.0. The quantitative estimate of drug-likeness (QED) is 0.353. The molecular weight excluding hydrogens is 249 g/mol. The Bertz CT molecular complexity index is 472. The fourth-order valence-corrected chi connectivity index (χ4v) is 1.22. The lowest BCUT2D eigenvalue weighted by Gasteiger charge is -2.09. The van der Waals surface area contributed by atoms with Gasteiger partial charge in [0, 0.05) is 0 Å². The van der Waals surface area contributed by atoms with E-state index in [9.17, 15) is 18.0 Å². The van der Waals surface area contributed by atoms with Crippen molar-refractivity contribution >= 4 is 5.97 Å². The molecule has 0 aliphatic rings. The van der Waals surface area contributed by atoms with Crippen molar-refractivity contribution in [1.29, 1.82) is 0 Å². The Balaban J connectivity index is 3.05. The van der Waals surface area contributed by atoms with Gasteiger partial charge in [0.25, 0.3) is 0 Å². The van der Waals surface area contributed by atoms with Crippen LogP contribution >= 0.6 is 0 Å². The topological polar surface area (TPSA) is 35.5 Å². The molecule has 0 radical (unpaired) electrons. The molecule has 0 fully saturated rings. The van der Waals surface area contributed by atoms with Gasteiger partial charge in [0.15, 0.2) is 17.4 Å². The van der Waals surface area contributed by atoms with Gasteiger partial charge in [-0.15, -0.1) is 6.58 Å². The monoisotopic (exact) mass is 260 g/mol. The molecule has 0 spiro atoms. The summed E-state index contributed by atoms with van der Waals surface area (Å²) in [4.78, 5) is 11.4. The Labute approximate surface area is 102 Å². The van der Waals surface area contributed by atoms with Crippen molar-refractivity contribution in [3.63, 3.8) is 0 Å². The van der Waals surface area contributed by atoms with Crippen LogP contribution in [-0.4, -0.2) is 19.7 Å². The fraction of sp³-hybridized carbons (Fsp3) is 0.250. The van der Waals surface area contributed by atoms with Crippen LogP contribution < -0.4 is 4.74 Å². The van der Waals surface area contributed by atoms with Crippen LogP contribution in [-0.2, 0) is 4.74 Å². The van der Waals surface area contributed by atoms with Crippen molar-refractivity contribution < 1.29 is 27.4 Å². The second kappa shape index (κ2) is 6.09. The third kappa shape index (κ3) is 2.82. The van der Waals surface area contributed by atoms with E-state index in [4.69, 9.17) is 0 Å². The van der Waals surface area contributed by atoms with Crippen LogP contribution in [0.15, 0.2) is 18.7 Å². The molecule has 0 amide bonds. The Morgan fingerprint density at radius 3 is 2.61 bits per heavy atom. The number of halogens is 3. The van der Waals surface area contributed by atoms with Gasteiger partial charge < -0.3 is 9.47 Å². The van der Waals surface area contributed by atoms with E-state index in [0.717, 1.165) is 7.11 Å². The Morgan fingerprint density at radius 1 is 1.39 bits per heavy atom. The number of carbonyl (C=O) groups is 1. The van der Waals surface area contributed by atoms with Crippen LogP contribution in [0, 0.1) is 17.5 Å². The van der Waals surface area contributed by atoms with Crippen LogP contribution in [0.5, 0.6) is 5.75 Å². The molecule has 0 saturated heterocycles. The molecule has 3 nitrogen and oxygen atoms in total. The molecule has 0 N–H and O–H groups in total. The average Bonchev–Trinajstić information content (AvgIpc) is 2.34. The van der Waals surface area contributed by atoms with Gasteiger partial charge in [-0.05, 0) is 12.5 Å². The third-order valence-corrected chi connectivity index (χ3v) is 2.10. The molecule has 6 heteroatoms. The molecule has 18 heavy (non-hydrogen) atoms. The van der Waals surface area contributed by atoms with E-state index < -0.39 is 34.7 Å². The smallest absolute Gasteiger partial charge is 0.341 e. The van der Waals surface area contributed by atoms with Crippen molar-refractivity contribution in [2.75, 3.05) is 13.7 Å². The summed E-state index contributed by atoms with van der Waals surface area (Å²) in [5.74, 6) is -6.21. The zero-order chi connectivity index (χ0) is 13.7. The first-order chi connectivity index (χ1) is 8.52. The SMILES string of the molecule is C=CCCOC(=O)c1cc(F)c(F)c(OC)c1F. The van der Waals surface area contributed by atoms with Crippen molar-refractivity contribution in [1.82, 2.24) is 0 Å². The second-order valence-corrected chi connectivity index (χ2v) is 3.28. The summed E-state index contributed by atoms with van der Waals surface area (Å²) < 4.78 is 48.8. The summed E-state index contributed by atoms with van der Waals surface area (Å²) in [6.07, 6.45) is 1.86. The largest absolute Gasteiger partial charge is 0.491 e. The van der Waals surface area contributed by atoms with Gasteiger partial charge in [0.05, 0.1) is 13.7 Å². The van der Waals surface area contributed by atoms with E-state index >= 15 is 0 Å². The van der Waals surface area contributed by atoms with Crippen molar-refractivity contribution in [2.45, 2.75) is 6.42 Å². The highest BCUT2D eigenvalue weighted by atomic mass is 19.2. The number of benzene rings is 1. The Hall–Kier alpha value is -1.98. The number of hydrogen-bond acceptors (Lipinski definition) is 3. The average molecular weight is 260 g/mol. The molecule has 1 aromatic carbocycles. The molecule has 0 aliphatic heterocycles. The molecule has 0 bridgehead atoms. The van der Waals surface area contributed by atoms with E-state index in [2.05, 4.69) is 16.1 Å². The Morgan fingerprint density at radius 2 is 2.06 bits per heavy atom. The number of ether oxygens (including phenoxy) is 2. The lowest BCUT2D eigenvalue weighted by atomic mass is 10.2. The van der Waals surface area contributed by atoms with Gasteiger partial charge in [0.1, 0.15) is 5.56 Å². The second-order valence-electron chi connectivity index (χ2n) is 3.28. The summed E-state index contributed by atoms with van der Waals surface area (Å²) in [5, 5.41) is 0. The highest BCUT2D eigenvalue weighted by molar-refractivity contribution is 5.90. The standard InChI is InChI=1S/C12H11F3O3/c1-3-4-5-18-12(16)7-6-8(13)10(15)11(17-2)9(7)14/h3,6H,1,4-5H2,2H3. The number of hydrogen-bond donors (Lipinski definition) is 0. The van der Waals surface area contributed by atoms with E-state index in [1.54, 1.807) is 0 Å². The van der Waals surface area contributed by atoms with Crippen LogP contribution in [0.25, 0.3) is 0 Å². The van der Waals surface area contributed by atoms with Crippen molar-refractivity contribution in [3.05, 3.63) is 41.7 Å². The van der Waals surface area contributed by atoms with E-state index in [1.807, 2.05) is 0 Å². The summed E-state index contributed by atoms with van der Waals surface area (Å²) in [6, 6.07) is 0.434. The van der Waals surface area contributed by atoms with Crippen LogP contribution in [0.1, 0.15) is 16.8 Å². The predicted octanol–water partition coefficient (Wildman–Crippen LogP) is 2.85. The number of esters is 1. The molecule has 98 valence electrons. The summed E-state index contributed by atoms with van der Waals surface area (Å²) in [7, 11) is 0.966. The van der Waals surface area contributed by atoms with E-state index in [0.29, 0.717) is 12.5 Å². The van der Waals surface area contributed by atoms with Crippen LogP contribution in [0.4, 0.5) is 13.2 Å². The minimum absolute atomic E-state index is 0.0247. The summed E-state index contributed by atoms with van der Waals surface area (Å²) in [6.45, 7) is 3.38. The molecule has 0 aromatic heterocycles. The first-order valence-corrected chi connectivity index (χ1v) is 5.02. The van der Waals surface area contributed by atoms with Gasteiger partial charge in [-0.3, -0.25) is 0 Å². The molecule has 0 saturated carbocycles. The highest BCUT2D eigenvalue weighted by Crippen LogP contribution is 2.27. The van der Waals surface area contributed by atoms with Crippen LogP contribution in [0.3, 0.4) is 0 Å². The zero-order valence-electron chi connectivity index (χ0n) is 9.63. The lowest BCUT2D eigenvalue weighted by molar-refractivity contribution is 0.0504. The number of methoxy groups -OCH3 is 1. The maximum atomic E-state index is 13.6. The molecule has 0 heterocycles. The van der Waals surface area contributed by atoms with E-state index in [-0.39, 0.29) is 6.61 Å². The van der Waals surface area contributed by atoms with E-state index in [1.165, 1.54) is 6.08 Å². The molecule has 0 atom stereocenters. The van der Waals surface area contributed by atoms with Gasteiger partial charge in [0.2, 0.25) is 5.82 Å². The lowest BCUT2D eigenvalue weighted by Crippen LogP contribution is -2.11. The van der Waals surface area contributed by atoms with Gasteiger partial charge in [-0.1, -0.05) is 6.08 Å².